The highest BCUT2D eigenvalue weighted by atomic mass is 16.6. The maximum Gasteiger partial charge on any atom is 0.163 e. The quantitative estimate of drug-likeness (QED) is 0.591. The molecule has 2 heterocycles. The van der Waals surface area contributed by atoms with Crippen molar-refractivity contribution in [3.63, 3.8) is 0 Å². The van der Waals surface area contributed by atoms with E-state index in [0.717, 1.165) is 41.5 Å². The molecule has 0 saturated heterocycles. The zero-order valence-corrected chi connectivity index (χ0v) is 16.9. The van der Waals surface area contributed by atoms with Crippen molar-refractivity contribution in [1.82, 2.24) is 0 Å². The van der Waals surface area contributed by atoms with Gasteiger partial charge in [-0.15, -0.1) is 0 Å². The molecular weight excluding hydrogens is 374 g/mol. The number of nitrogens with zero attached hydrogens (tertiary/aromatic N) is 1. The van der Waals surface area contributed by atoms with Crippen LogP contribution in [0.4, 0.5) is 5.69 Å². The maximum atomic E-state index is 5.81. The van der Waals surface area contributed by atoms with Crippen LogP contribution in [0.15, 0.2) is 66.7 Å². The first kappa shape index (κ1) is 18.4. The molecular formula is C26H23NO3. The minimum atomic E-state index is -0.0281. The van der Waals surface area contributed by atoms with Gasteiger partial charge in [0.15, 0.2) is 11.5 Å². The van der Waals surface area contributed by atoms with Crippen LogP contribution in [-0.2, 0) is 6.42 Å². The Morgan fingerprint density at radius 3 is 2.57 bits per heavy atom. The standard InChI is InChI=1S/C26H23NO3/c1-28-22-10-6-19(7-11-22)8-12-24-23-5-3-2-4-20(23)14-15-27(24)21-9-13-25-26(18-21)30-17-16-29-25/h2-7,9-11,13,18,24H,14-17H2,1H3/t24-/m0/s1. The molecule has 0 spiro atoms. The van der Waals surface area contributed by atoms with Crippen LogP contribution in [-0.4, -0.2) is 26.9 Å². The van der Waals surface area contributed by atoms with Gasteiger partial charge < -0.3 is 19.1 Å². The molecule has 2 aliphatic heterocycles. The molecule has 0 aromatic heterocycles. The number of anilines is 1. The molecule has 150 valence electrons. The van der Waals surface area contributed by atoms with Gasteiger partial charge in [-0.05, 0) is 53.9 Å². The lowest BCUT2D eigenvalue weighted by molar-refractivity contribution is 0.171. The smallest absolute Gasteiger partial charge is 0.163 e. The average Bonchev–Trinajstić information content (AvgIpc) is 2.82. The van der Waals surface area contributed by atoms with E-state index in [0.29, 0.717) is 13.2 Å². The molecule has 0 amide bonds. The van der Waals surface area contributed by atoms with Crippen molar-refractivity contribution in [2.45, 2.75) is 12.5 Å². The molecule has 0 fully saturated rings. The van der Waals surface area contributed by atoms with Gasteiger partial charge in [0.2, 0.25) is 0 Å². The Morgan fingerprint density at radius 2 is 1.73 bits per heavy atom. The molecule has 0 bridgehead atoms. The van der Waals surface area contributed by atoms with Crippen LogP contribution < -0.4 is 19.1 Å². The fourth-order valence-electron chi connectivity index (χ4n) is 4.04. The van der Waals surface area contributed by atoms with E-state index in [9.17, 15) is 0 Å². The predicted molar refractivity (Wildman–Crippen MR) is 118 cm³/mol. The van der Waals surface area contributed by atoms with Gasteiger partial charge in [-0.25, -0.2) is 0 Å². The highest BCUT2D eigenvalue weighted by Gasteiger charge is 2.27. The minimum absolute atomic E-state index is 0.0281. The number of rotatable bonds is 2. The number of hydrogen-bond donors (Lipinski definition) is 0. The third-order valence-corrected chi connectivity index (χ3v) is 5.58. The van der Waals surface area contributed by atoms with Crippen molar-refractivity contribution in [3.8, 4) is 29.1 Å². The fraction of sp³-hybridized carbons (Fsp3) is 0.231. The lowest BCUT2D eigenvalue weighted by Crippen LogP contribution is -2.35. The van der Waals surface area contributed by atoms with E-state index in [-0.39, 0.29) is 6.04 Å². The Balaban J connectivity index is 1.52. The molecule has 0 unspecified atom stereocenters. The molecule has 4 nitrogen and oxygen atoms in total. The van der Waals surface area contributed by atoms with E-state index < -0.39 is 0 Å². The van der Waals surface area contributed by atoms with Gasteiger partial charge in [0, 0.05) is 23.9 Å². The molecule has 30 heavy (non-hydrogen) atoms. The summed E-state index contributed by atoms with van der Waals surface area (Å²) in [7, 11) is 1.67. The van der Waals surface area contributed by atoms with Gasteiger partial charge in [-0.3, -0.25) is 0 Å². The summed E-state index contributed by atoms with van der Waals surface area (Å²) in [5.74, 6) is 9.34. The van der Waals surface area contributed by atoms with E-state index in [1.807, 2.05) is 30.3 Å². The SMILES string of the molecule is COc1ccc(C#C[C@H]2c3ccccc3CCN2c2ccc3c(c2)OCCO3)cc1. The van der Waals surface area contributed by atoms with E-state index in [1.54, 1.807) is 7.11 Å². The fourth-order valence-corrected chi connectivity index (χ4v) is 4.04. The van der Waals surface area contributed by atoms with Crippen molar-refractivity contribution in [2.75, 3.05) is 31.8 Å². The van der Waals surface area contributed by atoms with E-state index in [4.69, 9.17) is 14.2 Å². The Labute approximate surface area is 177 Å². The van der Waals surface area contributed by atoms with Crippen LogP contribution in [0.2, 0.25) is 0 Å². The molecule has 0 aliphatic carbocycles. The van der Waals surface area contributed by atoms with Crippen LogP contribution in [0.1, 0.15) is 22.7 Å². The van der Waals surface area contributed by atoms with Gasteiger partial charge >= 0.3 is 0 Å². The van der Waals surface area contributed by atoms with Crippen molar-refractivity contribution in [3.05, 3.63) is 83.4 Å². The van der Waals surface area contributed by atoms with Gasteiger partial charge in [-0.1, -0.05) is 36.1 Å². The summed E-state index contributed by atoms with van der Waals surface area (Å²) in [4.78, 5) is 2.36. The molecule has 1 atom stereocenters. The van der Waals surface area contributed by atoms with E-state index >= 15 is 0 Å². The number of fused-ring (bicyclic) bond motifs is 2. The molecule has 3 aromatic rings. The Kier molecular flexibility index (Phi) is 4.94. The zero-order chi connectivity index (χ0) is 20.3. The van der Waals surface area contributed by atoms with Crippen molar-refractivity contribution < 1.29 is 14.2 Å². The Bertz CT molecular complexity index is 1110. The molecule has 0 saturated carbocycles. The summed E-state index contributed by atoms with van der Waals surface area (Å²) in [5.41, 5.74) is 4.70. The predicted octanol–water partition coefficient (Wildman–Crippen LogP) is 4.62. The topological polar surface area (TPSA) is 30.9 Å². The monoisotopic (exact) mass is 397 g/mol. The second-order valence-electron chi connectivity index (χ2n) is 7.37. The molecule has 0 radical (unpaired) electrons. The van der Waals surface area contributed by atoms with E-state index in [2.05, 4.69) is 53.1 Å². The first-order valence-corrected chi connectivity index (χ1v) is 10.2. The largest absolute Gasteiger partial charge is 0.497 e. The van der Waals surface area contributed by atoms with Crippen LogP contribution >= 0.6 is 0 Å². The normalized spacial score (nSPS) is 16.8. The second-order valence-corrected chi connectivity index (χ2v) is 7.37. The first-order chi connectivity index (χ1) is 14.8. The Morgan fingerprint density at radius 1 is 0.933 bits per heavy atom. The number of benzene rings is 3. The third kappa shape index (κ3) is 3.55. The molecule has 5 rings (SSSR count). The van der Waals surface area contributed by atoms with Crippen molar-refractivity contribution in [1.29, 1.82) is 0 Å². The van der Waals surface area contributed by atoms with Crippen molar-refractivity contribution in [2.24, 2.45) is 0 Å². The second kappa shape index (κ2) is 8.04. The molecule has 0 N–H and O–H groups in total. The average molecular weight is 397 g/mol. The highest BCUT2D eigenvalue weighted by Crippen LogP contribution is 2.39. The van der Waals surface area contributed by atoms with Crippen LogP contribution in [0, 0.1) is 11.8 Å². The summed E-state index contributed by atoms with van der Waals surface area (Å²) < 4.78 is 16.8. The number of hydrogen-bond acceptors (Lipinski definition) is 4. The van der Waals surface area contributed by atoms with Crippen LogP contribution in [0.3, 0.4) is 0 Å². The van der Waals surface area contributed by atoms with Gasteiger partial charge in [0.25, 0.3) is 0 Å². The minimum Gasteiger partial charge on any atom is -0.497 e. The van der Waals surface area contributed by atoms with E-state index in [1.165, 1.54) is 11.1 Å². The van der Waals surface area contributed by atoms with Gasteiger partial charge in [0.05, 0.1) is 7.11 Å². The molecule has 2 aliphatic rings. The molecule has 4 heteroatoms. The lowest BCUT2D eigenvalue weighted by Gasteiger charge is -2.36. The summed E-state index contributed by atoms with van der Waals surface area (Å²) in [5, 5.41) is 0. The number of methoxy groups -OCH3 is 1. The van der Waals surface area contributed by atoms with Gasteiger partial charge in [-0.2, -0.15) is 0 Å². The highest BCUT2D eigenvalue weighted by molar-refractivity contribution is 5.61. The van der Waals surface area contributed by atoms with Gasteiger partial charge in [0.1, 0.15) is 25.0 Å². The summed E-state index contributed by atoms with van der Waals surface area (Å²) in [6, 6.07) is 22.6. The molecule has 3 aromatic carbocycles. The van der Waals surface area contributed by atoms with Crippen molar-refractivity contribution >= 4 is 5.69 Å². The first-order valence-electron chi connectivity index (χ1n) is 10.2. The van der Waals surface area contributed by atoms with Crippen LogP contribution in [0.5, 0.6) is 17.2 Å². The third-order valence-electron chi connectivity index (χ3n) is 5.58. The Hall–Kier alpha value is -3.58. The lowest BCUT2D eigenvalue weighted by atomic mass is 9.92. The summed E-state index contributed by atoms with van der Waals surface area (Å²) in [6.45, 7) is 2.08. The summed E-state index contributed by atoms with van der Waals surface area (Å²) >= 11 is 0. The maximum absolute atomic E-state index is 5.81. The number of ether oxygens (including phenoxy) is 3. The summed E-state index contributed by atoms with van der Waals surface area (Å²) in [6.07, 6.45) is 0.991. The van der Waals surface area contributed by atoms with Crippen LogP contribution in [0.25, 0.3) is 0 Å². The zero-order valence-electron chi connectivity index (χ0n) is 16.9.